The Kier molecular flexibility index (Phi) is 4.91. The molecule has 0 aliphatic heterocycles. The van der Waals surface area contributed by atoms with Gasteiger partial charge in [-0.3, -0.25) is 4.79 Å². The summed E-state index contributed by atoms with van der Waals surface area (Å²) >= 11 is 5.77. The lowest BCUT2D eigenvalue weighted by molar-refractivity contribution is 0.304. The zero-order valence-corrected chi connectivity index (χ0v) is 13.9. The van der Waals surface area contributed by atoms with Gasteiger partial charge in [-0.25, -0.2) is 0 Å². The average molecular weight is 342 g/mol. The number of nitrogens with zero attached hydrogens (tertiary/aromatic N) is 3. The van der Waals surface area contributed by atoms with Crippen LogP contribution in [0, 0.1) is 0 Å². The van der Waals surface area contributed by atoms with Crippen molar-refractivity contribution in [3.63, 3.8) is 0 Å². The molecule has 0 fully saturated rings. The van der Waals surface area contributed by atoms with Crippen LogP contribution in [0.4, 0.5) is 0 Å². The highest BCUT2D eigenvalue weighted by molar-refractivity contribution is 6.29. The summed E-state index contributed by atoms with van der Waals surface area (Å²) < 4.78 is 7.21. The Hall–Kier alpha value is -2.66. The maximum atomic E-state index is 12.0. The summed E-state index contributed by atoms with van der Waals surface area (Å²) in [6.07, 6.45) is 3.89. The molecule has 0 aliphatic carbocycles. The lowest BCUT2D eigenvalue weighted by Crippen LogP contribution is -2.20. The third-order valence-electron chi connectivity index (χ3n) is 3.62. The highest BCUT2D eigenvalue weighted by Crippen LogP contribution is 2.15. The zero-order valence-electron chi connectivity index (χ0n) is 13.1. The molecule has 0 saturated carbocycles. The Morgan fingerprint density at radius 3 is 2.67 bits per heavy atom. The molecule has 3 aromatic rings. The van der Waals surface area contributed by atoms with E-state index in [0.29, 0.717) is 23.9 Å². The molecule has 24 heavy (non-hydrogen) atoms. The van der Waals surface area contributed by atoms with Gasteiger partial charge in [-0.1, -0.05) is 41.9 Å². The standard InChI is InChI=1S/C18H16ClN3O2/c1-22-8-2-3-15(18(22)23)9-13-4-6-14(7-5-13)12-24-16-10-17(19)21-20-11-16/h2-8,10-11H,9,12H2,1H3. The van der Waals surface area contributed by atoms with Crippen LogP contribution in [0.25, 0.3) is 0 Å². The molecule has 0 N–H and O–H groups in total. The first-order chi connectivity index (χ1) is 11.6. The van der Waals surface area contributed by atoms with E-state index in [-0.39, 0.29) is 5.56 Å². The van der Waals surface area contributed by atoms with Crippen LogP contribution in [0.15, 0.2) is 59.7 Å². The molecular weight excluding hydrogens is 326 g/mol. The van der Waals surface area contributed by atoms with Gasteiger partial charge in [0.05, 0.1) is 6.20 Å². The fraction of sp³-hybridized carbons (Fsp3) is 0.167. The first-order valence-corrected chi connectivity index (χ1v) is 7.83. The van der Waals surface area contributed by atoms with E-state index in [1.54, 1.807) is 23.9 Å². The zero-order chi connectivity index (χ0) is 16.9. The Balaban J connectivity index is 1.65. The van der Waals surface area contributed by atoms with E-state index in [1.165, 1.54) is 6.20 Å². The molecule has 0 amide bonds. The summed E-state index contributed by atoms with van der Waals surface area (Å²) in [6.45, 7) is 0.412. The number of halogens is 1. The third kappa shape index (κ3) is 4.00. The predicted octanol–water partition coefficient (Wildman–Crippen LogP) is 3.00. The largest absolute Gasteiger partial charge is 0.487 e. The molecule has 0 radical (unpaired) electrons. The highest BCUT2D eigenvalue weighted by atomic mass is 35.5. The topological polar surface area (TPSA) is 57.0 Å². The lowest BCUT2D eigenvalue weighted by atomic mass is 10.0. The number of rotatable bonds is 5. The van der Waals surface area contributed by atoms with Gasteiger partial charge in [0.25, 0.3) is 5.56 Å². The molecule has 2 heterocycles. The fourth-order valence-electron chi connectivity index (χ4n) is 2.33. The van der Waals surface area contributed by atoms with Crippen molar-refractivity contribution in [3.05, 3.63) is 87.1 Å². The molecule has 5 nitrogen and oxygen atoms in total. The first-order valence-electron chi connectivity index (χ1n) is 7.45. The fourth-order valence-corrected chi connectivity index (χ4v) is 2.48. The number of hydrogen-bond acceptors (Lipinski definition) is 4. The monoisotopic (exact) mass is 341 g/mol. The molecule has 2 aromatic heterocycles. The van der Waals surface area contributed by atoms with E-state index in [0.717, 1.165) is 16.7 Å². The smallest absolute Gasteiger partial charge is 0.253 e. The van der Waals surface area contributed by atoms with Gasteiger partial charge in [0.1, 0.15) is 12.4 Å². The van der Waals surface area contributed by atoms with Crippen LogP contribution in [-0.4, -0.2) is 14.8 Å². The van der Waals surface area contributed by atoms with Gasteiger partial charge in [-0.2, -0.15) is 5.10 Å². The quantitative estimate of drug-likeness (QED) is 0.716. The Bertz CT molecular complexity index is 891. The number of pyridine rings is 1. The van der Waals surface area contributed by atoms with Crippen molar-refractivity contribution in [2.24, 2.45) is 7.05 Å². The van der Waals surface area contributed by atoms with Crippen LogP contribution < -0.4 is 10.3 Å². The van der Waals surface area contributed by atoms with Gasteiger partial charge in [0.15, 0.2) is 5.15 Å². The minimum absolute atomic E-state index is 0.0342. The highest BCUT2D eigenvalue weighted by Gasteiger charge is 2.03. The Morgan fingerprint density at radius 2 is 1.92 bits per heavy atom. The van der Waals surface area contributed by atoms with Crippen molar-refractivity contribution < 1.29 is 4.74 Å². The second-order valence-corrected chi connectivity index (χ2v) is 5.83. The summed E-state index contributed by atoms with van der Waals surface area (Å²) in [4.78, 5) is 12.0. The molecule has 0 bridgehead atoms. The van der Waals surface area contributed by atoms with E-state index < -0.39 is 0 Å². The minimum atomic E-state index is 0.0342. The Morgan fingerprint density at radius 1 is 1.17 bits per heavy atom. The number of aryl methyl sites for hydroxylation is 1. The Labute approximate surface area is 144 Å². The lowest BCUT2D eigenvalue weighted by Gasteiger charge is -2.07. The molecule has 3 rings (SSSR count). The van der Waals surface area contributed by atoms with Crippen LogP contribution >= 0.6 is 11.6 Å². The van der Waals surface area contributed by atoms with E-state index in [2.05, 4.69) is 10.2 Å². The summed E-state index contributed by atoms with van der Waals surface area (Å²) in [5.41, 5.74) is 2.91. The molecule has 0 unspecified atom stereocenters. The molecule has 122 valence electrons. The molecule has 0 spiro atoms. The van der Waals surface area contributed by atoms with E-state index in [9.17, 15) is 4.79 Å². The van der Waals surface area contributed by atoms with Gasteiger partial charge in [-0.05, 0) is 17.2 Å². The number of ether oxygens (including phenoxy) is 1. The first kappa shape index (κ1) is 16.2. The van der Waals surface area contributed by atoms with Crippen LogP contribution in [0.5, 0.6) is 5.75 Å². The van der Waals surface area contributed by atoms with Crippen LogP contribution in [0.3, 0.4) is 0 Å². The summed E-state index contributed by atoms with van der Waals surface area (Å²) in [6, 6.07) is 13.3. The minimum Gasteiger partial charge on any atom is -0.487 e. The normalized spacial score (nSPS) is 10.6. The van der Waals surface area contributed by atoms with E-state index in [1.807, 2.05) is 36.4 Å². The van der Waals surface area contributed by atoms with E-state index in [4.69, 9.17) is 16.3 Å². The van der Waals surface area contributed by atoms with Crippen molar-refractivity contribution in [1.29, 1.82) is 0 Å². The van der Waals surface area contributed by atoms with Gasteiger partial charge in [0, 0.05) is 31.3 Å². The second kappa shape index (κ2) is 7.27. The summed E-state index contributed by atoms with van der Waals surface area (Å²) in [5.74, 6) is 0.576. The number of aromatic nitrogens is 3. The van der Waals surface area contributed by atoms with Crippen LogP contribution in [-0.2, 0) is 20.1 Å². The van der Waals surface area contributed by atoms with Crippen molar-refractivity contribution in [2.45, 2.75) is 13.0 Å². The maximum Gasteiger partial charge on any atom is 0.253 e. The third-order valence-corrected chi connectivity index (χ3v) is 3.81. The second-order valence-electron chi connectivity index (χ2n) is 5.45. The molecule has 6 heteroatoms. The molecule has 1 aromatic carbocycles. The van der Waals surface area contributed by atoms with Crippen molar-refractivity contribution in [2.75, 3.05) is 0 Å². The van der Waals surface area contributed by atoms with Crippen LogP contribution in [0.1, 0.15) is 16.7 Å². The van der Waals surface area contributed by atoms with E-state index >= 15 is 0 Å². The summed E-state index contributed by atoms with van der Waals surface area (Å²) in [7, 11) is 1.76. The maximum absolute atomic E-state index is 12.0. The predicted molar refractivity (Wildman–Crippen MR) is 92.3 cm³/mol. The summed E-state index contributed by atoms with van der Waals surface area (Å²) in [5, 5.41) is 7.70. The SMILES string of the molecule is Cn1cccc(Cc2ccc(COc3cnnc(Cl)c3)cc2)c1=O. The van der Waals surface area contributed by atoms with Gasteiger partial charge in [-0.15, -0.1) is 5.10 Å². The van der Waals surface area contributed by atoms with Crippen molar-refractivity contribution in [3.8, 4) is 5.75 Å². The van der Waals surface area contributed by atoms with Crippen molar-refractivity contribution in [1.82, 2.24) is 14.8 Å². The van der Waals surface area contributed by atoms with Crippen LogP contribution in [0.2, 0.25) is 5.15 Å². The molecule has 0 atom stereocenters. The number of benzene rings is 1. The van der Waals surface area contributed by atoms with Gasteiger partial charge in [0.2, 0.25) is 0 Å². The number of hydrogen-bond donors (Lipinski definition) is 0. The van der Waals surface area contributed by atoms with Gasteiger partial charge < -0.3 is 9.30 Å². The van der Waals surface area contributed by atoms with Crippen molar-refractivity contribution >= 4 is 11.6 Å². The molecule has 0 saturated heterocycles. The molecular formula is C18H16ClN3O2. The molecule has 0 aliphatic rings. The average Bonchev–Trinajstić information content (AvgIpc) is 2.58. The van der Waals surface area contributed by atoms with Gasteiger partial charge >= 0.3 is 0 Å².